The number of allylic oxidation sites excluding steroid dienone is 1. The van der Waals surface area contributed by atoms with Gasteiger partial charge < -0.3 is 16.4 Å². The van der Waals surface area contributed by atoms with Gasteiger partial charge in [-0.15, -0.1) is 12.2 Å². The van der Waals surface area contributed by atoms with E-state index in [-0.39, 0.29) is 6.29 Å². The van der Waals surface area contributed by atoms with Crippen LogP contribution < -0.4 is 0 Å². The zero-order chi connectivity index (χ0) is 13.1. The number of hydrogen-bond acceptors (Lipinski definition) is 2. The van der Waals surface area contributed by atoms with Gasteiger partial charge in [0.25, 0.3) is 0 Å². The second-order valence-corrected chi connectivity index (χ2v) is 4.26. The van der Waals surface area contributed by atoms with E-state index in [1.807, 2.05) is 0 Å². The average Bonchev–Trinajstić information content (AvgIpc) is 2.41. The van der Waals surface area contributed by atoms with E-state index >= 15 is 0 Å². The summed E-state index contributed by atoms with van der Waals surface area (Å²) in [5, 5.41) is 0. The molecule has 1 aliphatic rings. The van der Waals surface area contributed by atoms with E-state index in [0.29, 0.717) is 5.92 Å². The first-order valence-corrected chi connectivity index (χ1v) is 10.1. The molecule has 0 aliphatic carbocycles. The molecule has 4 heteroatoms. The summed E-state index contributed by atoms with van der Waals surface area (Å²) < 4.78 is 11.2. The topological polar surface area (TPSA) is 18.5 Å². The molecule has 1 unspecified atom stereocenters. The van der Waals surface area contributed by atoms with Crippen LogP contribution >= 0.6 is 9.69 Å². The standard InChI is InChI=1S/C13H23O2.ClH.Zn/c1-4-11(2)12(3)8-10-15-13-7-5-6-9-14-13;;/h12-13H,1-2,4-10H2,3H3;1H;/q-1;;+2/p-1/t12-,13?;;/m1../s1. The van der Waals surface area contributed by atoms with Gasteiger partial charge in [0.1, 0.15) is 0 Å². The molecule has 2 nitrogen and oxygen atoms in total. The zero-order valence-electron chi connectivity index (χ0n) is 10.9. The first kappa shape index (κ1) is 17.6. The molecule has 0 amide bonds. The van der Waals surface area contributed by atoms with Gasteiger partial charge in [0.15, 0.2) is 6.29 Å². The molecular formula is C13H23ClO2Zn. The molecule has 1 heterocycles. The van der Waals surface area contributed by atoms with Gasteiger partial charge in [-0.05, 0) is 31.6 Å². The number of ether oxygens (including phenoxy) is 2. The average molecular weight is 312 g/mol. The van der Waals surface area contributed by atoms with Crippen LogP contribution in [-0.2, 0) is 26.8 Å². The van der Waals surface area contributed by atoms with Gasteiger partial charge >= 0.3 is 27.0 Å². The molecule has 2 atom stereocenters. The van der Waals surface area contributed by atoms with Gasteiger partial charge in [0, 0.05) is 6.61 Å². The van der Waals surface area contributed by atoms with Crippen LogP contribution in [0.2, 0.25) is 0 Å². The SMILES string of the molecule is C=C(C[CH2-])[C@H](C)CCOC1CCCCO1.[Cl][Zn+]. The van der Waals surface area contributed by atoms with E-state index in [1.165, 1.54) is 18.4 Å². The van der Waals surface area contributed by atoms with Gasteiger partial charge in [-0.25, -0.2) is 0 Å². The Morgan fingerprint density at radius 1 is 1.59 bits per heavy atom. The van der Waals surface area contributed by atoms with Gasteiger partial charge in [0.05, 0.1) is 6.61 Å². The minimum atomic E-state index is 0.0407. The second kappa shape index (κ2) is 11.7. The van der Waals surface area contributed by atoms with Crippen LogP contribution in [0, 0.1) is 12.8 Å². The van der Waals surface area contributed by atoms with Crippen molar-refractivity contribution >= 4 is 9.69 Å². The van der Waals surface area contributed by atoms with Crippen molar-refractivity contribution in [2.24, 2.45) is 5.92 Å². The van der Waals surface area contributed by atoms with Crippen molar-refractivity contribution in [3.8, 4) is 0 Å². The van der Waals surface area contributed by atoms with Crippen molar-refractivity contribution in [2.45, 2.75) is 45.3 Å². The van der Waals surface area contributed by atoms with Crippen LogP contribution in [0.4, 0.5) is 0 Å². The van der Waals surface area contributed by atoms with E-state index in [2.05, 4.69) is 20.4 Å². The van der Waals surface area contributed by atoms with Gasteiger partial charge in [0.2, 0.25) is 0 Å². The molecule has 0 bridgehead atoms. The number of halogens is 1. The van der Waals surface area contributed by atoms with Crippen LogP contribution in [0.1, 0.15) is 39.0 Å². The molecule has 1 aliphatic heterocycles. The molecule has 1 fully saturated rings. The third-order valence-electron chi connectivity index (χ3n) is 3.01. The Balaban J connectivity index is 0.00000121. The fraction of sp³-hybridized carbons (Fsp3) is 0.769. The van der Waals surface area contributed by atoms with Crippen LogP contribution in [-0.4, -0.2) is 19.5 Å². The van der Waals surface area contributed by atoms with Gasteiger partial charge in [-0.3, -0.25) is 0 Å². The summed E-state index contributed by atoms with van der Waals surface area (Å²) in [7, 11) is 4.76. The normalized spacial score (nSPS) is 21.4. The van der Waals surface area contributed by atoms with Crippen molar-refractivity contribution in [1.82, 2.24) is 0 Å². The zero-order valence-corrected chi connectivity index (χ0v) is 14.6. The molecule has 1 rings (SSSR count). The molecule has 17 heavy (non-hydrogen) atoms. The minimum absolute atomic E-state index is 0.0407. The van der Waals surface area contributed by atoms with Crippen LogP contribution in [0.5, 0.6) is 0 Å². The van der Waals surface area contributed by atoms with E-state index in [0.717, 1.165) is 49.8 Å². The molecule has 0 radical (unpaired) electrons. The Kier molecular flexibility index (Phi) is 12.0. The van der Waals surface area contributed by atoms with Crippen molar-refractivity contribution in [3.05, 3.63) is 19.1 Å². The summed E-state index contributed by atoms with van der Waals surface area (Å²) in [6, 6.07) is 0. The molecule has 0 aromatic carbocycles. The third-order valence-corrected chi connectivity index (χ3v) is 3.01. The third kappa shape index (κ3) is 8.32. The summed E-state index contributed by atoms with van der Waals surface area (Å²) in [6.07, 6.45) is 5.33. The molecule has 0 aromatic rings. The summed E-state index contributed by atoms with van der Waals surface area (Å²) in [6.45, 7) is 11.6. The summed E-state index contributed by atoms with van der Waals surface area (Å²) in [4.78, 5) is 0. The monoisotopic (exact) mass is 310 g/mol. The van der Waals surface area contributed by atoms with Crippen LogP contribution in [0.25, 0.3) is 0 Å². The molecule has 0 saturated carbocycles. The Bertz CT molecular complexity index is 194. The quantitative estimate of drug-likeness (QED) is 0.419. The summed E-state index contributed by atoms with van der Waals surface area (Å²) in [5.41, 5.74) is 1.21. The Morgan fingerprint density at radius 2 is 2.29 bits per heavy atom. The van der Waals surface area contributed by atoms with Crippen molar-refractivity contribution in [2.75, 3.05) is 13.2 Å². The van der Waals surface area contributed by atoms with E-state index in [9.17, 15) is 0 Å². The molecule has 1 saturated heterocycles. The fourth-order valence-corrected chi connectivity index (χ4v) is 1.67. The van der Waals surface area contributed by atoms with Crippen molar-refractivity contribution in [3.63, 3.8) is 0 Å². The molecule has 0 aromatic heterocycles. The van der Waals surface area contributed by atoms with Gasteiger partial charge in [-0.1, -0.05) is 6.92 Å². The Hall–Kier alpha value is 0.573. The first-order chi connectivity index (χ1) is 8.24. The maximum atomic E-state index is 5.66. The van der Waals surface area contributed by atoms with E-state index in [4.69, 9.17) is 19.2 Å². The number of rotatable bonds is 6. The second-order valence-electron chi connectivity index (χ2n) is 4.26. The molecule has 0 spiro atoms. The Labute approximate surface area is 120 Å². The van der Waals surface area contributed by atoms with Crippen LogP contribution in [0.3, 0.4) is 0 Å². The first-order valence-electron chi connectivity index (χ1n) is 6.21. The number of hydrogen-bond donors (Lipinski definition) is 0. The van der Waals surface area contributed by atoms with E-state index in [1.54, 1.807) is 0 Å². The molecule has 96 valence electrons. The van der Waals surface area contributed by atoms with Crippen molar-refractivity contribution < 1.29 is 26.8 Å². The summed E-state index contributed by atoms with van der Waals surface area (Å²) in [5.74, 6) is 0.506. The van der Waals surface area contributed by atoms with E-state index < -0.39 is 0 Å². The van der Waals surface area contributed by atoms with Crippen molar-refractivity contribution in [1.29, 1.82) is 0 Å². The molecular weight excluding hydrogens is 289 g/mol. The predicted molar refractivity (Wildman–Crippen MR) is 68.3 cm³/mol. The molecule has 0 N–H and O–H groups in total. The maximum absolute atomic E-state index is 5.66. The fourth-order valence-electron chi connectivity index (χ4n) is 1.67. The Morgan fingerprint density at radius 3 is 2.82 bits per heavy atom. The summed E-state index contributed by atoms with van der Waals surface area (Å²) >= 11 is 0.847. The van der Waals surface area contributed by atoms with Crippen LogP contribution in [0.15, 0.2) is 12.2 Å². The predicted octanol–water partition coefficient (Wildman–Crippen LogP) is 4.02. The van der Waals surface area contributed by atoms with Gasteiger partial charge in [-0.2, -0.15) is 6.42 Å².